The minimum absolute atomic E-state index is 0.00303. The summed E-state index contributed by atoms with van der Waals surface area (Å²) in [5, 5.41) is 0. The molecule has 6 nitrogen and oxygen atoms in total. The van der Waals surface area contributed by atoms with E-state index < -0.39 is 0 Å². The molecule has 0 unspecified atom stereocenters. The molecule has 29 heavy (non-hydrogen) atoms. The average molecular weight is 396 g/mol. The molecular formula is C23H28N2O4. The summed E-state index contributed by atoms with van der Waals surface area (Å²) in [6, 6.07) is 4.98. The highest BCUT2D eigenvalue weighted by atomic mass is 16.5. The largest absolute Gasteiger partial charge is 0.493 e. The molecule has 1 saturated carbocycles. The van der Waals surface area contributed by atoms with Crippen molar-refractivity contribution in [2.45, 2.75) is 49.3 Å². The number of rotatable bonds is 2. The van der Waals surface area contributed by atoms with Gasteiger partial charge in [0.2, 0.25) is 5.91 Å². The Morgan fingerprint density at radius 3 is 2.86 bits per heavy atom. The molecule has 1 spiro atoms. The molecule has 1 aromatic rings. The number of piperidine rings is 2. The van der Waals surface area contributed by atoms with Gasteiger partial charge < -0.3 is 19.1 Å². The van der Waals surface area contributed by atoms with Gasteiger partial charge in [-0.2, -0.15) is 0 Å². The Morgan fingerprint density at radius 1 is 1.21 bits per heavy atom. The number of fused-ring (bicyclic) bond motifs is 2. The van der Waals surface area contributed by atoms with E-state index in [9.17, 15) is 4.79 Å². The molecule has 2 bridgehead atoms. The van der Waals surface area contributed by atoms with E-state index in [-0.39, 0.29) is 23.5 Å². The second-order valence-electron chi connectivity index (χ2n) is 9.87. The van der Waals surface area contributed by atoms with Crippen molar-refractivity contribution in [1.82, 2.24) is 4.90 Å². The predicted molar refractivity (Wildman–Crippen MR) is 107 cm³/mol. The van der Waals surface area contributed by atoms with E-state index in [1.807, 2.05) is 0 Å². The first-order valence-electron chi connectivity index (χ1n) is 11.1. The summed E-state index contributed by atoms with van der Waals surface area (Å²) in [6.07, 6.45) is 4.12. The molecule has 0 N–H and O–H groups in total. The molecule has 1 amide bonds. The molecule has 7 atom stereocenters. The van der Waals surface area contributed by atoms with Gasteiger partial charge in [-0.3, -0.25) is 9.69 Å². The van der Waals surface area contributed by atoms with Gasteiger partial charge in [0.1, 0.15) is 0 Å². The van der Waals surface area contributed by atoms with Crippen molar-refractivity contribution < 1.29 is 19.0 Å². The second-order valence-corrected chi connectivity index (χ2v) is 9.87. The Labute approximate surface area is 171 Å². The van der Waals surface area contributed by atoms with Crippen LogP contribution in [0.2, 0.25) is 0 Å². The van der Waals surface area contributed by atoms with Crippen LogP contribution in [0, 0.1) is 17.8 Å². The van der Waals surface area contributed by atoms with Gasteiger partial charge in [0.25, 0.3) is 0 Å². The first-order chi connectivity index (χ1) is 14.2. The third kappa shape index (κ3) is 1.81. The van der Waals surface area contributed by atoms with Crippen LogP contribution in [0.3, 0.4) is 0 Å². The topological polar surface area (TPSA) is 51.2 Å². The van der Waals surface area contributed by atoms with Crippen molar-refractivity contribution in [2.24, 2.45) is 17.8 Å². The van der Waals surface area contributed by atoms with Gasteiger partial charge in [-0.25, -0.2) is 0 Å². The first kappa shape index (κ1) is 16.9. The third-order valence-corrected chi connectivity index (χ3v) is 9.24. The molecular weight excluding hydrogens is 368 g/mol. The molecule has 5 aliphatic heterocycles. The summed E-state index contributed by atoms with van der Waals surface area (Å²) in [4.78, 5) is 18.4. The zero-order chi connectivity index (χ0) is 19.5. The number of methoxy groups -OCH3 is 2. The normalized spacial score (nSPS) is 43.8. The Morgan fingerprint density at radius 2 is 2.03 bits per heavy atom. The number of nitrogens with zero attached hydrogens (tertiary/aromatic N) is 2. The van der Waals surface area contributed by atoms with Crippen LogP contribution in [-0.2, 0) is 14.9 Å². The number of amides is 1. The lowest BCUT2D eigenvalue weighted by Crippen LogP contribution is -2.70. The zero-order valence-corrected chi connectivity index (χ0v) is 17.1. The van der Waals surface area contributed by atoms with Crippen LogP contribution < -0.4 is 14.4 Å². The quantitative estimate of drug-likeness (QED) is 0.767. The van der Waals surface area contributed by atoms with E-state index in [1.165, 1.54) is 18.5 Å². The molecule has 154 valence electrons. The molecule has 0 aromatic heterocycles. The molecule has 5 fully saturated rings. The summed E-state index contributed by atoms with van der Waals surface area (Å²) in [7, 11) is 3.38. The third-order valence-electron chi connectivity index (χ3n) is 9.24. The number of anilines is 1. The molecule has 7 rings (SSSR count). The Bertz CT molecular complexity index is 918. The standard InChI is InChI=1S/C23H28N2O4/c1-27-16-8-14-15(9-17(16)28-2)25-20(26)10-18-21-13-7-19-23(14,22(21)25)4-5-24(19)11-12(13)3-6-29-18/h8-9,12-13,18-19,21-22H,3-7,10-11H2,1-2H3/t12-,13+,18-,19-,21-,22-,23+/m1/s1. The van der Waals surface area contributed by atoms with Crippen molar-refractivity contribution in [3.8, 4) is 11.5 Å². The zero-order valence-electron chi connectivity index (χ0n) is 17.1. The maximum absolute atomic E-state index is 13.5. The minimum atomic E-state index is 0.00303. The van der Waals surface area contributed by atoms with Crippen LogP contribution in [0.5, 0.6) is 11.5 Å². The van der Waals surface area contributed by atoms with Crippen LogP contribution in [0.1, 0.15) is 31.2 Å². The first-order valence-corrected chi connectivity index (χ1v) is 11.1. The van der Waals surface area contributed by atoms with Crippen molar-refractivity contribution in [2.75, 3.05) is 38.8 Å². The summed E-state index contributed by atoms with van der Waals surface area (Å²) in [5.41, 5.74) is 2.37. The van der Waals surface area contributed by atoms with Crippen LogP contribution in [-0.4, -0.2) is 62.9 Å². The number of carbonyl (C=O) groups excluding carboxylic acids is 1. The lowest BCUT2D eigenvalue weighted by molar-refractivity contribution is -0.134. The summed E-state index contributed by atoms with van der Waals surface area (Å²) >= 11 is 0. The van der Waals surface area contributed by atoms with Crippen LogP contribution in [0.4, 0.5) is 5.69 Å². The van der Waals surface area contributed by atoms with Gasteiger partial charge in [-0.1, -0.05) is 0 Å². The number of hydrogen-bond donors (Lipinski definition) is 0. The lowest BCUT2D eigenvalue weighted by Gasteiger charge is -2.59. The van der Waals surface area contributed by atoms with Crippen LogP contribution in [0.15, 0.2) is 12.1 Å². The maximum atomic E-state index is 13.5. The van der Waals surface area contributed by atoms with Gasteiger partial charge in [0.05, 0.1) is 38.5 Å². The fraction of sp³-hybridized carbons (Fsp3) is 0.696. The van der Waals surface area contributed by atoms with E-state index >= 15 is 0 Å². The number of carbonyl (C=O) groups is 1. The number of hydrogen-bond acceptors (Lipinski definition) is 5. The minimum Gasteiger partial charge on any atom is -0.493 e. The summed E-state index contributed by atoms with van der Waals surface area (Å²) in [5.74, 6) is 3.54. The highest BCUT2D eigenvalue weighted by molar-refractivity contribution is 5.99. The maximum Gasteiger partial charge on any atom is 0.229 e. The van der Waals surface area contributed by atoms with E-state index in [4.69, 9.17) is 14.2 Å². The van der Waals surface area contributed by atoms with Crippen molar-refractivity contribution in [1.29, 1.82) is 0 Å². The predicted octanol–water partition coefficient (Wildman–Crippen LogP) is 2.19. The number of ether oxygens (including phenoxy) is 3. The molecule has 5 heterocycles. The number of benzene rings is 1. The van der Waals surface area contributed by atoms with E-state index in [0.717, 1.165) is 37.4 Å². The van der Waals surface area contributed by atoms with E-state index in [1.54, 1.807) is 14.2 Å². The van der Waals surface area contributed by atoms with Crippen LogP contribution >= 0.6 is 0 Å². The van der Waals surface area contributed by atoms with Gasteiger partial charge >= 0.3 is 0 Å². The van der Waals surface area contributed by atoms with Crippen molar-refractivity contribution in [3.63, 3.8) is 0 Å². The molecule has 6 heteroatoms. The van der Waals surface area contributed by atoms with Crippen LogP contribution in [0.25, 0.3) is 0 Å². The molecule has 1 aliphatic carbocycles. The summed E-state index contributed by atoms with van der Waals surface area (Å²) < 4.78 is 17.7. The fourth-order valence-electron chi connectivity index (χ4n) is 8.32. The van der Waals surface area contributed by atoms with Gasteiger partial charge in [-0.05, 0) is 49.3 Å². The lowest BCUT2D eigenvalue weighted by atomic mass is 9.52. The second kappa shape index (κ2) is 5.46. The van der Waals surface area contributed by atoms with E-state index in [2.05, 4.69) is 21.9 Å². The van der Waals surface area contributed by atoms with Crippen molar-refractivity contribution >= 4 is 11.6 Å². The highest BCUT2D eigenvalue weighted by Crippen LogP contribution is 2.67. The Hall–Kier alpha value is -1.79. The molecule has 1 aromatic carbocycles. The Kier molecular flexibility index (Phi) is 3.19. The van der Waals surface area contributed by atoms with Gasteiger partial charge in [-0.15, -0.1) is 0 Å². The van der Waals surface area contributed by atoms with Gasteiger partial charge in [0, 0.05) is 36.6 Å². The monoisotopic (exact) mass is 396 g/mol. The smallest absolute Gasteiger partial charge is 0.229 e. The highest BCUT2D eigenvalue weighted by Gasteiger charge is 2.71. The van der Waals surface area contributed by atoms with E-state index in [0.29, 0.717) is 36.0 Å². The molecule has 6 aliphatic rings. The Balaban J connectivity index is 1.51. The van der Waals surface area contributed by atoms with Crippen molar-refractivity contribution in [3.05, 3.63) is 17.7 Å². The molecule has 0 radical (unpaired) electrons. The average Bonchev–Trinajstić information content (AvgIpc) is 3.20. The summed E-state index contributed by atoms with van der Waals surface area (Å²) in [6.45, 7) is 3.15. The SMILES string of the molecule is COc1cc2c(cc1OC)[C@]13CCN4C[C@H]5CCO[C@@H]6CC(=O)N2[C@@H]1[C@@H]6[C@H]5C[C@@H]43. The fourth-order valence-corrected chi connectivity index (χ4v) is 8.32. The van der Waals surface area contributed by atoms with Gasteiger partial charge in [0.15, 0.2) is 11.5 Å². The molecule has 4 saturated heterocycles.